The van der Waals surface area contributed by atoms with Crippen molar-refractivity contribution < 1.29 is 4.57 Å². The van der Waals surface area contributed by atoms with Gasteiger partial charge >= 0.3 is 0 Å². The predicted molar refractivity (Wildman–Crippen MR) is 62.1 cm³/mol. The summed E-state index contributed by atoms with van der Waals surface area (Å²) in [4.78, 5) is 7.14. The molecule has 2 heterocycles. The second kappa shape index (κ2) is 3.51. The molecule has 0 N–H and O–H groups in total. The Kier molecular flexibility index (Phi) is 2.49. The van der Waals surface area contributed by atoms with E-state index in [9.17, 15) is 0 Å². The van der Waals surface area contributed by atoms with Crippen LogP contribution in [0, 0.1) is 13.8 Å². The van der Waals surface area contributed by atoms with Gasteiger partial charge in [-0.3, -0.25) is 0 Å². The van der Waals surface area contributed by atoms with Crippen molar-refractivity contribution >= 4 is 33.3 Å². The third-order valence-electron chi connectivity index (χ3n) is 2.44. The van der Waals surface area contributed by atoms with Gasteiger partial charge in [-0.15, -0.1) is 0 Å². The molecule has 14 heavy (non-hydrogen) atoms. The van der Waals surface area contributed by atoms with E-state index in [1.807, 2.05) is 17.7 Å². The summed E-state index contributed by atoms with van der Waals surface area (Å²) in [6.07, 6.45) is 3.97. The van der Waals surface area contributed by atoms with Gasteiger partial charge in [0.05, 0.1) is 12.4 Å². The van der Waals surface area contributed by atoms with E-state index in [1.165, 1.54) is 20.7 Å². The van der Waals surface area contributed by atoms with Crippen LogP contribution in [0.15, 0.2) is 11.4 Å². The molecule has 2 rings (SSSR count). The Bertz CT molecular complexity index is 488. The molecule has 2 aromatic rings. The number of nitrogens with zero attached hydrogens (tertiary/aromatic N) is 2. The first-order chi connectivity index (χ1) is 6.65. The van der Waals surface area contributed by atoms with Gasteiger partial charge in [-0.1, -0.05) is 23.1 Å². The van der Waals surface area contributed by atoms with Crippen molar-refractivity contribution in [3.63, 3.8) is 0 Å². The fourth-order valence-corrected chi connectivity index (χ4v) is 3.28. The molecule has 0 spiro atoms. The zero-order valence-electron chi connectivity index (χ0n) is 8.79. The van der Waals surface area contributed by atoms with Crippen molar-refractivity contribution in [1.82, 2.24) is 4.98 Å². The molecule has 0 bridgehead atoms. The molecule has 2 nitrogen and oxygen atoms in total. The lowest BCUT2D eigenvalue weighted by molar-refractivity contribution is -0.646. The molecule has 0 aliphatic rings. The van der Waals surface area contributed by atoms with Gasteiger partial charge in [0, 0.05) is 4.88 Å². The van der Waals surface area contributed by atoms with Crippen LogP contribution in [-0.4, -0.2) is 11.2 Å². The Hall–Kier alpha value is -0.610. The summed E-state index contributed by atoms with van der Waals surface area (Å²) in [7, 11) is 2.05. The molecule has 0 aliphatic carbocycles. The van der Waals surface area contributed by atoms with Crippen LogP contribution in [0.5, 0.6) is 0 Å². The van der Waals surface area contributed by atoms with Crippen LogP contribution >= 0.6 is 23.1 Å². The molecule has 0 amide bonds. The Balaban J connectivity index is 2.92. The highest BCUT2D eigenvalue weighted by molar-refractivity contribution is 7.98. The summed E-state index contributed by atoms with van der Waals surface area (Å²) in [6, 6.07) is 0. The number of aromatic nitrogens is 2. The smallest absolute Gasteiger partial charge is 0.224 e. The summed E-state index contributed by atoms with van der Waals surface area (Å²) >= 11 is 3.56. The number of thiophene rings is 1. The third-order valence-corrected chi connectivity index (χ3v) is 4.44. The van der Waals surface area contributed by atoms with Crippen LogP contribution in [0.1, 0.15) is 10.4 Å². The van der Waals surface area contributed by atoms with Gasteiger partial charge in [0.1, 0.15) is 0 Å². The Morgan fingerprint density at radius 2 is 2.14 bits per heavy atom. The van der Waals surface area contributed by atoms with Crippen LogP contribution in [0.25, 0.3) is 10.2 Å². The molecule has 0 saturated heterocycles. The number of hydrogen-bond acceptors (Lipinski definition) is 3. The second-order valence-electron chi connectivity index (χ2n) is 3.33. The maximum Gasteiger partial charge on any atom is 0.288 e. The zero-order valence-corrected chi connectivity index (χ0v) is 10.4. The molecule has 0 fully saturated rings. The average Bonchev–Trinajstić information content (AvgIpc) is 2.47. The number of fused-ring (bicyclic) bond motifs is 1. The maximum absolute atomic E-state index is 4.43. The van der Waals surface area contributed by atoms with Crippen LogP contribution in [0.3, 0.4) is 0 Å². The number of aryl methyl sites for hydroxylation is 3. The largest absolute Gasteiger partial charge is 0.288 e. The number of thioether (sulfide) groups is 1. The normalized spacial score (nSPS) is 11.1. The Morgan fingerprint density at radius 1 is 1.43 bits per heavy atom. The van der Waals surface area contributed by atoms with E-state index in [0.717, 1.165) is 5.03 Å². The Morgan fingerprint density at radius 3 is 2.79 bits per heavy atom. The van der Waals surface area contributed by atoms with Crippen molar-refractivity contribution in [3.8, 4) is 0 Å². The lowest BCUT2D eigenvalue weighted by atomic mass is 10.2. The molecule has 0 aliphatic heterocycles. The Labute approximate surface area is 92.0 Å². The SMILES string of the molecule is CSc1nc[n+](C)c2sc(C)c(C)c12. The molecule has 0 atom stereocenters. The van der Waals surface area contributed by atoms with Crippen LogP contribution < -0.4 is 4.57 Å². The minimum absolute atomic E-state index is 1.14. The van der Waals surface area contributed by atoms with Gasteiger partial charge in [-0.05, 0) is 30.7 Å². The van der Waals surface area contributed by atoms with E-state index in [0.29, 0.717) is 0 Å². The fourth-order valence-electron chi connectivity index (χ4n) is 1.52. The molecule has 2 aromatic heterocycles. The highest BCUT2D eigenvalue weighted by Gasteiger charge is 2.17. The van der Waals surface area contributed by atoms with Crippen molar-refractivity contribution in [1.29, 1.82) is 0 Å². The van der Waals surface area contributed by atoms with Crippen LogP contribution in [0.4, 0.5) is 0 Å². The first-order valence-corrected chi connectivity index (χ1v) is 6.47. The first kappa shape index (κ1) is 9.93. The molecule has 4 heteroatoms. The monoisotopic (exact) mass is 225 g/mol. The summed E-state index contributed by atoms with van der Waals surface area (Å²) in [5.74, 6) is 0. The van der Waals surface area contributed by atoms with Gasteiger partial charge in [-0.25, -0.2) is 4.57 Å². The lowest BCUT2D eigenvalue weighted by Crippen LogP contribution is -2.28. The highest BCUT2D eigenvalue weighted by atomic mass is 32.2. The van der Waals surface area contributed by atoms with Crippen molar-refractivity contribution in [2.24, 2.45) is 7.05 Å². The molecule has 0 saturated carbocycles. The maximum atomic E-state index is 4.43. The van der Waals surface area contributed by atoms with Crippen molar-refractivity contribution in [3.05, 3.63) is 16.8 Å². The summed E-state index contributed by atoms with van der Waals surface area (Å²) in [6.45, 7) is 4.35. The van der Waals surface area contributed by atoms with Gasteiger partial charge in [0.25, 0.3) is 6.33 Å². The first-order valence-electron chi connectivity index (χ1n) is 4.43. The fraction of sp³-hybridized carbons (Fsp3) is 0.400. The molecule has 74 valence electrons. The van der Waals surface area contributed by atoms with Gasteiger partial charge in [0.15, 0.2) is 4.83 Å². The summed E-state index contributed by atoms with van der Waals surface area (Å²) in [5.41, 5.74) is 1.37. The minimum atomic E-state index is 1.14. The summed E-state index contributed by atoms with van der Waals surface area (Å²) in [5, 5.41) is 2.46. The van der Waals surface area contributed by atoms with E-state index < -0.39 is 0 Å². The van der Waals surface area contributed by atoms with Crippen LogP contribution in [0.2, 0.25) is 0 Å². The molecule has 0 unspecified atom stereocenters. The van der Waals surface area contributed by atoms with Gasteiger partial charge in [0.2, 0.25) is 5.03 Å². The average molecular weight is 225 g/mol. The lowest BCUT2D eigenvalue weighted by Gasteiger charge is -1.95. The number of hydrogen-bond donors (Lipinski definition) is 0. The van der Waals surface area contributed by atoms with E-state index in [1.54, 1.807) is 11.8 Å². The van der Waals surface area contributed by atoms with Crippen molar-refractivity contribution in [2.45, 2.75) is 18.9 Å². The predicted octanol–water partition coefficient (Wildman–Crippen LogP) is 2.46. The van der Waals surface area contributed by atoms with Gasteiger partial charge < -0.3 is 0 Å². The van der Waals surface area contributed by atoms with E-state index in [4.69, 9.17) is 0 Å². The highest BCUT2D eigenvalue weighted by Crippen LogP contribution is 2.32. The molecular weight excluding hydrogens is 212 g/mol. The second-order valence-corrected chi connectivity index (χ2v) is 5.33. The quantitative estimate of drug-likeness (QED) is 0.421. The van der Waals surface area contributed by atoms with E-state index in [2.05, 4.69) is 36.7 Å². The molecule has 0 radical (unpaired) electrons. The van der Waals surface area contributed by atoms with Crippen molar-refractivity contribution in [2.75, 3.05) is 6.26 Å². The standard InChI is InChI=1S/C10H13N2S2/c1-6-7(2)14-10-8(6)9(13-4)11-5-12(10)3/h5H,1-4H3/q+1. The zero-order chi connectivity index (χ0) is 10.3. The summed E-state index contributed by atoms with van der Waals surface area (Å²) < 4.78 is 2.10. The minimum Gasteiger partial charge on any atom is -0.224 e. The third kappa shape index (κ3) is 1.33. The molecule has 0 aromatic carbocycles. The number of rotatable bonds is 1. The topological polar surface area (TPSA) is 16.8 Å². The van der Waals surface area contributed by atoms with E-state index >= 15 is 0 Å². The molecular formula is C10H13N2S2+. The van der Waals surface area contributed by atoms with E-state index in [-0.39, 0.29) is 0 Å². The van der Waals surface area contributed by atoms with Gasteiger partial charge in [-0.2, -0.15) is 0 Å². The van der Waals surface area contributed by atoms with Crippen LogP contribution in [-0.2, 0) is 7.05 Å².